The molecule has 0 aliphatic carbocycles. The van der Waals surface area contributed by atoms with Crippen molar-refractivity contribution in [3.8, 4) is 17.1 Å². The van der Waals surface area contributed by atoms with Gasteiger partial charge in [-0.3, -0.25) is 14.7 Å². The highest BCUT2D eigenvalue weighted by atomic mass is 32.2. The molecule has 32 heavy (non-hydrogen) atoms. The number of nitrogens with zero attached hydrogens (tertiary/aromatic N) is 4. The predicted molar refractivity (Wildman–Crippen MR) is 114 cm³/mol. The predicted octanol–water partition coefficient (Wildman–Crippen LogP) is 6.15. The number of benzene rings is 3. The van der Waals surface area contributed by atoms with E-state index in [0.717, 1.165) is 17.8 Å². The number of aromatic nitrogens is 3. The molecule has 162 valence electrons. The van der Waals surface area contributed by atoms with Crippen LogP contribution < -0.4 is 0 Å². The Morgan fingerprint density at radius 3 is 2.16 bits per heavy atom. The molecule has 0 saturated carbocycles. The molecule has 0 fully saturated rings. The lowest BCUT2D eigenvalue weighted by molar-refractivity contribution is -0.384. The second-order valence-electron chi connectivity index (χ2n) is 6.76. The van der Waals surface area contributed by atoms with Crippen LogP contribution >= 0.6 is 11.8 Å². The molecule has 4 aromatic rings. The summed E-state index contributed by atoms with van der Waals surface area (Å²) in [4.78, 5) is 10.5. The van der Waals surface area contributed by atoms with Crippen molar-refractivity contribution in [1.29, 1.82) is 0 Å². The van der Waals surface area contributed by atoms with Gasteiger partial charge in [0.25, 0.3) is 5.69 Å². The minimum absolute atomic E-state index is 0.0311. The first-order valence-corrected chi connectivity index (χ1v) is 10.4. The summed E-state index contributed by atoms with van der Waals surface area (Å²) < 4.78 is 40.2. The average Bonchev–Trinajstić information content (AvgIpc) is 3.22. The molecule has 0 bridgehead atoms. The summed E-state index contributed by atoms with van der Waals surface area (Å²) in [6.45, 7) is 0. The highest BCUT2D eigenvalue weighted by Crippen LogP contribution is 2.32. The maximum absolute atomic E-state index is 12.8. The normalized spacial score (nSPS) is 11.5. The van der Waals surface area contributed by atoms with Gasteiger partial charge < -0.3 is 0 Å². The number of alkyl halides is 3. The summed E-state index contributed by atoms with van der Waals surface area (Å²) >= 11 is 1.33. The highest BCUT2D eigenvalue weighted by Gasteiger charge is 2.30. The van der Waals surface area contributed by atoms with Crippen LogP contribution in [0.15, 0.2) is 84.0 Å². The maximum Gasteiger partial charge on any atom is 0.416 e. The fraction of sp³-hybridized carbons (Fsp3) is 0.0909. The summed E-state index contributed by atoms with van der Waals surface area (Å²) in [7, 11) is 0. The van der Waals surface area contributed by atoms with Crippen LogP contribution in [0.3, 0.4) is 0 Å². The summed E-state index contributed by atoms with van der Waals surface area (Å²) in [5.41, 5.74) is 1.42. The molecule has 0 unspecified atom stereocenters. The van der Waals surface area contributed by atoms with E-state index in [4.69, 9.17) is 0 Å². The Balaban J connectivity index is 1.64. The Labute approximate surface area is 184 Å². The third kappa shape index (κ3) is 4.65. The molecule has 0 aliphatic heterocycles. The van der Waals surface area contributed by atoms with E-state index < -0.39 is 16.7 Å². The lowest BCUT2D eigenvalue weighted by Gasteiger charge is -2.11. The molecule has 0 aliphatic rings. The maximum atomic E-state index is 12.8. The van der Waals surface area contributed by atoms with E-state index in [2.05, 4.69) is 10.2 Å². The number of halogens is 3. The van der Waals surface area contributed by atoms with Crippen LogP contribution in [0, 0.1) is 10.1 Å². The van der Waals surface area contributed by atoms with Crippen LogP contribution in [0.25, 0.3) is 17.1 Å². The minimum Gasteiger partial charge on any atom is -0.270 e. The summed E-state index contributed by atoms with van der Waals surface area (Å²) in [5, 5.41) is 20.0. The number of hydrogen-bond acceptors (Lipinski definition) is 5. The molecular formula is C22H15F3N4O2S. The standard InChI is InChI=1S/C22H15F3N4O2S/c23-22(24,25)17-10-6-15(7-11-17)14-32-21-27-26-20(28(21)18-4-2-1-3-5-18)16-8-12-19(13-9-16)29(30)31/h1-13H,14H2. The van der Waals surface area contributed by atoms with Crippen molar-refractivity contribution in [2.24, 2.45) is 0 Å². The molecule has 1 aromatic heterocycles. The number of nitro benzene ring substituents is 1. The van der Waals surface area contributed by atoms with Gasteiger partial charge in [0.15, 0.2) is 11.0 Å². The van der Waals surface area contributed by atoms with Crippen LogP contribution in [0.2, 0.25) is 0 Å². The van der Waals surface area contributed by atoms with E-state index in [9.17, 15) is 23.3 Å². The molecule has 6 nitrogen and oxygen atoms in total. The van der Waals surface area contributed by atoms with E-state index in [1.807, 2.05) is 34.9 Å². The van der Waals surface area contributed by atoms with Crippen molar-refractivity contribution in [1.82, 2.24) is 14.8 Å². The highest BCUT2D eigenvalue weighted by molar-refractivity contribution is 7.98. The topological polar surface area (TPSA) is 73.8 Å². The zero-order valence-electron chi connectivity index (χ0n) is 16.4. The van der Waals surface area contributed by atoms with Crippen molar-refractivity contribution < 1.29 is 18.1 Å². The molecule has 0 amide bonds. The summed E-state index contributed by atoms with van der Waals surface area (Å²) in [6, 6.07) is 20.3. The zero-order chi connectivity index (χ0) is 22.7. The van der Waals surface area contributed by atoms with Crippen LogP contribution in [0.4, 0.5) is 18.9 Å². The molecule has 10 heteroatoms. The van der Waals surface area contributed by atoms with Gasteiger partial charge >= 0.3 is 6.18 Å². The monoisotopic (exact) mass is 456 g/mol. The number of para-hydroxylation sites is 1. The molecule has 1 heterocycles. The molecule has 0 spiro atoms. The fourth-order valence-electron chi connectivity index (χ4n) is 3.03. The Kier molecular flexibility index (Phi) is 5.95. The van der Waals surface area contributed by atoms with Crippen molar-refractivity contribution in [3.05, 3.63) is 100 Å². The number of hydrogen-bond donors (Lipinski definition) is 0. The molecule has 0 N–H and O–H groups in total. The van der Waals surface area contributed by atoms with Crippen molar-refractivity contribution in [2.75, 3.05) is 0 Å². The van der Waals surface area contributed by atoms with Gasteiger partial charge in [-0.05, 0) is 42.0 Å². The van der Waals surface area contributed by atoms with Crippen molar-refractivity contribution >= 4 is 17.4 Å². The second kappa shape index (κ2) is 8.83. The Hall–Kier alpha value is -3.66. The summed E-state index contributed by atoms with van der Waals surface area (Å²) in [6.07, 6.45) is -4.38. The first-order chi connectivity index (χ1) is 15.3. The average molecular weight is 456 g/mol. The van der Waals surface area contributed by atoms with Crippen LogP contribution in [-0.4, -0.2) is 19.7 Å². The molecule has 3 aromatic carbocycles. The van der Waals surface area contributed by atoms with E-state index in [-0.39, 0.29) is 5.69 Å². The number of rotatable bonds is 6. The Bertz CT molecular complexity index is 1230. The van der Waals surface area contributed by atoms with Crippen molar-refractivity contribution in [2.45, 2.75) is 17.1 Å². The first-order valence-electron chi connectivity index (χ1n) is 9.37. The minimum atomic E-state index is -4.38. The number of nitro groups is 1. The Morgan fingerprint density at radius 1 is 0.906 bits per heavy atom. The molecular weight excluding hydrogens is 441 g/mol. The van der Waals surface area contributed by atoms with E-state index in [1.54, 1.807) is 12.1 Å². The van der Waals surface area contributed by atoms with Gasteiger partial charge in [0.2, 0.25) is 0 Å². The van der Waals surface area contributed by atoms with Crippen LogP contribution in [0.5, 0.6) is 0 Å². The largest absolute Gasteiger partial charge is 0.416 e. The van der Waals surface area contributed by atoms with E-state index in [1.165, 1.54) is 36.0 Å². The number of thioether (sulfide) groups is 1. The van der Waals surface area contributed by atoms with Gasteiger partial charge in [-0.15, -0.1) is 10.2 Å². The molecule has 0 radical (unpaired) electrons. The third-order valence-corrected chi connectivity index (χ3v) is 5.63. The van der Waals surface area contributed by atoms with E-state index >= 15 is 0 Å². The first kappa shape index (κ1) is 21.6. The smallest absolute Gasteiger partial charge is 0.270 e. The van der Waals surface area contributed by atoms with Gasteiger partial charge in [0.05, 0.1) is 10.5 Å². The lowest BCUT2D eigenvalue weighted by atomic mass is 10.1. The van der Waals surface area contributed by atoms with Gasteiger partial charge in [-0.25, -0.2) is 0 Å². The van der Waals surface area contributed by atoms with Gasteiger partial charge in [-0.2, -0.15) is 13.2 Å². The van der Waals surface area contributed by atoms with Gasteiger partial charge in [0, 0.05) is 29.1 Å². The third-order valence-electron chi connectivity index (χ3n) is 4.63. The van der Waals surface area contributed by atoms with Crippen LogP contribution in [0.1, 0.15) is 11.1 Å². The number of non-ortho nitro benzene ring substituents is 1. The SMILES string of the molecule is O=[N+]([O-])c1ccc(-c2nnc(SCc3ccc(C(F)(F)F)cc3)n2-c2ccccc2)cc1. The van der Waals surface area contributed by atoms with Crippen LogP contribution in [-0.2, 0) is 11.9 Å². The second-order valence-corrected chi connectivity index (χ2v) is 7.71. The van der Waals surface area contributed by atoms with Crippen molar-refractivity contribution in [3.63, 3.8) is 0 Å². The zero-order valence-corrected chi connectivity index (χ0v) is 17.2. The quantitative estimate of drug-likeness (QED) is 0.198. The molecule has 0 saturated heterocycles. The van der Waals surface area contributed by atoms with Gasteiger partial charge in [-0.1, -0.05) is 42.1 Å². The molecule has 0 atom stereocenters. The Morgan fingerprint density at radius 2 is 1.56 bits per heavy atom. The van der Waals surface area contributed by atoms with E-state index in [0.29, 0.717) is 27.9 Å². The molecule has 4 rings (SSSR count). The van der Waals surface area contributed by atoms with Gasteiger partial charge in [0.1, 0.15) is 0 Å². The lowest BCUT2D eigenvalue weighted by Crippen LogP contribution is -2.04. The summed E-state index contributed by atoms with van der Waals surface area (Å²) in [5.74, 6) is 0.893. The fourth-order valence-corrected chi connectivity index (χ4v) is 3.94.